The van der Waals surface area contributed by atoms with Gasteiger partial charge in [-0.15, -0.1) is 11.3 Å². The molecule has 0 saturated carbocycles. The number of nitrogens with zero attached hydrogens (tertiary/aromatic N) is 5. The summed E-state index contributed by atoms with van der Waals surface area (Å²) >= 11 is 1.51. The van der Waals surface area contributed by atoms with Crippen molar-refractivity contribution in [3.05, 3.63) is 131 Å². The van der Waals surface area contributed by atoms with E-state index in [0.717, 1.165) is 27.2 Å². The molecule has 1 atom stereocenters. The minimum absolute atomic E-state index is 0.0205. The van der Waals surface area contributed by atoms with Crippen molar-refractivity contribution in [2.24, 2.45) is 0 Å². The number of pyridine rings is 1. The van der Waals surface area contributed by atoms with Crippen LogP contribution in [-0.4, -0.2) is 51.3 Å². The average molecular weight is 735 g/mol. The van der Waals surface area contributed by atoms with Gasteiger partial charge in [0.25, 0.3) is 20.7 Å². The van der Waals surface area contributed by atoms with E-state index in [4.69, 9.17) is 8.95 Å². The van der Waals surface area contributed by atoms with Crippen LogP contribution in [0.3, 0.4) is 0 Å². The molecule has 0 saturated heterocycles. The molecular weight excluding hydrogens is 699 g/mol. The minimum Gasteiger partial charge on any atom is -0.398 e. The Hall–Kier alpha value is -5.37. The Kier molecular flexibility index (Phi) is 9.66. The van der Waals surface area contributed by atoms with Crippen molar-refractivity contribution in [3.8, 4) is 22.6 Å². The van der Waals surface area contributed by atoms with Crippen LogP contribution in [0.25, 0.3) is 28.3 Å². The zero-order chi connectivity index (χ0) is 36.5. The summed E-state index contributed by atoms with van der Waals surface area (Å²) in [6, 6.07) is 28.4. The molecule has 0 fully saturated rings. The zero-order valence-corrected chi connectivity index (χ0v) is 30.8. The van der Waals surface area contributed by atoms with Gasteiger partial charge in [0.2, 0.25) is 11.7 Å². The number of anilines is 1. The molecular formula is C39H36F2N6O3SSi. The van der Waals surface area contributed by atoms with Crippen molar-refractivity contribution in [2.75, 3.05) is 5.32 Å². The molecule has 52 heavy (non-hydrogen) atoms. The average Bonchev–Trinajstić information content (AvgIpc) is 3.93. The van der Waals surface area contributed by atoms with Crippen LogP contribution < -0.4 is 15.7 Å². The third-order valence-corrected chi connectivity index (χ3v) is 14.7. The number of nitrogens with one attached hydrogen (secondary N) is 1. The Morgan fingerprint density at radius 2 is 1.67 bits per heavy atom. The number of hydrogen-bond donors (Lipinski definition) is 1. The molecule has 0 aliphatic carbocycles. The molecule has 3 aromatic carbocycles. The summed E-state index contributed by atoms with van der Waals surface area (Å²) in [5.41, 5.74) is 6.36. The van der Waals surface area contributed by atoms with Crippen LogP contribution in [0.1, 0.15) is 42.7 Å². The lowest BCUT2D eigenvalue weighted by molar-refractivity contribution is 0.00243. The van der Waals surface area contributed by atoms with Crippen LogP contribution >= 0.6 is 11.3 Å². The molecule has 1 amide bonds. The smallest absolute Gasteiger partial charge is 0.274 e. The van der Waals surface area contributed by atoms with E-state index >= 15 is 0 Å². The van der Waals surface area contributed by atoms with Crippen LogP contribution in [0.2, 0.25) is 5.04 Å². The van der Waals surface area contributed by atoms with Crippen molar-refractivity contribution in [3.63, 3.8) is 0 Å². The molecule has 4 aromatic heterocycles. The molecule has 0 unspecified atom stereocenters. The number of carbonyl (C=O) groups is 1. The predicted molar refractivity (Wildman–Crippen MR) is 201 cm³/mol. The van der Waals surface area contributed by atoms with E-state index < -0.39 is 25.9 Å². The molecule has 1 N–H and O–H groups in total. The number of aryl methyl sites for hydroxylation is 1. The van der Waals surface area contributed by atoms with Gasteiger partial charge in [-0.3, -0.25) is 9.20 Å². The summed E-state index contributed by atoms with van der Waals surface area (Å²) in [4.78, 5) is 26.8. The number of thiazole rings is 1. The summed E-state index contributed by atoms with van der Waals surface area (Å²) in [5, 5.41) is 10.3. The Bertz CT molecular complexity index is 2270. The van der Waals surface area contributed by atoms with E-state index in [9.17, 15) is 13.6 Å². The first-order chi connectivity index (χ1) is 25.0. The number of benzene rings is 3. The molecule has 0 bridgehead atoms. The van der Waals surface area contributed by atoms with Crippen molar-refractivity contribution in [1.82, 2.24) is 24.5 Å². The predicted octanol–water partition coefficient (Wildman–Crippen LogP) is 7.82. The van der Waals surface area contributed by atoms with Crippen molar-refractivity contribution < 1.29 is 22.5 Å². The van der Waals surface area contributed by atoms with E-state index in [-0.39, 0.29) is 24.0 Å². The Morgan fingerprint density at radius 1 is 0.962 bits per heavy atom. The maximum atomic E-state index is 14.9. The minimum atomic E-state index is -3.29. The van der Waals surface area contributed by atoms with E-state index in [1.807, 2.05) is 112 Å². The van der Waals surface area contributed by atoms with Gasteiger partial charge in [-0.1, -0.05) is 98.7 Å². The van der Waals surface area contributed by atoms with E-state index in [0.29, 0.717) is 22.6 Å². The number of alkyl halides is 2. The zero-order valence-electron chi connectivity index (χ0n) is 29.0. The second-order valence-electron chi connectivity index (χ2n) is 13.5. The number of carbonyl (C=O) groups excluding carboxylic acids is 1. The number of fused-ring (bicyclic) bond motifs is 1. The van der Waals surface area contributed by atoms with Gasteiger partial charge < -0.3 is 14.3 Å². The summed E-state index contributed by atoms with van der Waals surface area (Å²) in [6.45, 7) is 7.98. The lowest BCUT2D eigenvalue weighted by Gasteiger charge is -2.44. The van der Waals surface area contributed by atoms with Gasteiger partial charge in [0.05, 0.1) is 23.8 Å². The van der Waals surface area contributed by atoms with Crippen LogP contribution in [0, 0.1) is 6.92 Å². The third-order valence-electron chi connectivity index (χ3n) is 9.09. The fourth-order valence-corrected chi connectivity index (χ4v) is 11.7. The molecule has 13 heteroatoms. The second-order valence-corrected chi connectivity index (χ2v) is 18.5. The van der Waals surface area contributed by atoms with Crippen molar-refractivity contribution in [1.29, 1.82) is 0 Å². The van der Waals surface area contributed by atoms with Crippen LogP contribution in [0.15, 0.2) is 119 Å². The maximum absolute atomic E-state index is 14.9. The quantitative estimate of drug-likeness (QED) is 0.135. The fourth-order valence-electron chi connectivity index (χ4n) is 6.47. The van der Waals surface area contributed by atoms with Crippen LogP contribution in [0.5, 0.6) is 0 Å². The SMILES string of the molecule is Cc1ccc(-c2noc(C[C@H](O[Si](c3ccccc3)(c3ccccc3)C(C)(C)C)C(F)F)n2)cc1NC(=O)c1cnc2cc(-c3cscn3)ccn12. The molecule has 4 heterocycles. The van der Waals surface area contributed by atoms with E-state index in [2.05, 4.69) is 25.4 Å². The highest BCUT2D eigenvalue weighted by Gasteiger charge is 2.52. The van der Waals surface area contributed by atoms with Crippen molar-refractivity contribution >= 4 is 47.3 Å². The lowest BCUT2D eigenvalue weighted by atomic mass is 10.1. The van der Waals surface area contributed by atoms with Gasteiger partial charge in [0.1, 0.15) is 17.4 Å². The van der Waals surface area contributed by atoms with Crippen LogP contribution in [-0.2, 0) is 10.8 Å². The van der Waals surface area contributed by atoms with E-state index in [1.165, 1.54) is 17.5 Å². The molecule has 264 valence electrons. The second kappa shape index (κ2) is 14.3. The van der Waals surface area contributed by atoms with Gasteiger partial charge in [0, 0.05) is 28.4 Å². The van der Waals surface area contributed by atoms with Gasteiger partial charge >= 0.3 is 0 Å². The highest BCUT2D eigenvalue weighted by atomic mass is 32.1. The summed E-state index contributed by atoms with van der Waals surface area (Å²) in [6.07, 6.45) is -1.32. The summed E-state index contributed by atoms with van der Waals surface area (Å²) in [7, 11) is -3.29. The highest BCUT2D eigenvalue weighted by molar-refractivity contribution is 7.07. The first-order valence-electron chi connectivity index (χ1n) is 16.7. The normalized spacial score (nSPS) is 12.8. The summed E-state index contributed by atoms with van der Waals surface area (Å²) in [5.74, 6) is -0.135. The number of halogens is 2. The topological polar surface area (TPSA) is 107 Å². The number of amides is 1. The molecule has 0 spiro atoms. The molecule has 7 rings (SSSR count). The first kappa shape index (κ1) is 35.0. The van der Waals surface area contributed by atoms with Crippen LogP contribution in [0.4, 0.5) is 14.5 Å². The first-order valence-corrected chi connectivity index (χ1v) is 19.6. The van der Waals surface area contributed by atoms with E-state index in [1.54, 1.807) is 28.2 Å². The molecule has 0 aliphatic heterocycles. The molecule has 0 radical (unpaired) electrons. The number of aromatic nitrogens is 5. The van der Waals surface area contributed by atoms with Gasteiger partial charge in [-0.2, -0.15) is 4.98 Å². The fraction of sp³-hybridized carbons (Fsp3) is 0.205. The Labute approximate surface area is 304 Å². The number of imidazole rings is 1. The Balaban J connectivity index is 1.13. The third kappa shape index (κ3) is 6.82. The Morgan fingerprint density at radius 3 is 2.31 bits per heavy atom. The van der Waals surface area contributed by atoms with Gasteiger partial charge in [-0.25, -0.2) is 18.7 Å². The number of hydrogen-bond acceptors (Lipinski definition) is 8. The molecule has 7 aromatic rings. The monoisotopic (exact) mass is 734 g/mol. The largest absolute Gasteiger partial charge is 0.398 e. The van der Waals surface area contributed by atoms with Gasteiger partial charge in [-0.05, 0) is 46.1 Å². The number of rotatable bonds is 11. The lowest BCUT2D eigenvalue weighted by Crippen LogP contribution is -2.68. The molecule has 9 nitrogen and oxygen atoms in total. The standard InChI is InChI=1S/C39H36F2N6O3SSi/c1-25-15-16-27(19-30(25)44-38(48)32-22-42-34-20-26(17-18-47(32)34)31-23-51-24-43-31)37-45-35(49-46-37)21-33(36(40)41)50-52(39(2,3)4,28-11-7-5-8-12-28)29-13-9-6-10-14-29/h5-20,22-24,33,36H,21H2,1-4H3,(H,44,48)/t33-/m0/s1. The summed E-state index contributed by atoms with van der Waals surface area (Å²) < 4.78 is 43.9. The maximum Gasteiger partial charge on any atom is 0.274 e. The highest BCUT2D eigenvalue weighted by Crippen LogP contribution is 2.38. The van der Waals surface area contributed by atoms with Gasteiger partial charge in [0.15, 0.2) is 0 Å². The molecule has 0 aliphatic rings. The van der Waals surface area contributed by atoms with Crippen molar-refractivity contribution in [2.45, 2.75) is 51.7 Å².